The summed E-state index contributed by atoms with van der Waals surface area (Å²) >= 11 is 1.43. The molecule has 0 aliphatic carbocycles. The highest BCUT2D eigenvalue weighted by Gasteiger charge is 2.28. The van der Waals surface area contributed by atoms with Crippen LogP contribution in [0.15, 0.2) is 47.4 Å². The Hall–Kier alpha value is -2.67. The van der Waals surface area contributed by atoms with Gasteiger partial charge in [-0.15, -0.1) is 11.8 Å². The van der Waals surface area contributed by atoms with Crippen molar-refractivity contribution in [1.82, 2.24) is 5.32 Å². The maximum absolute atomic E-state index is 12.2. The molecule has 0 radical (unpaired) electrons. The van der Waals surface area contributed by atoms with Crippen LogP contribution in [-0.2, 0) is 16.0 Å². The molecule has 0 saturated heterocycles. The van der Waals surface area contributed by atoms with Crippen molar-refractivity contribution in [3.8, 4) is 11.5 Å². The maximum Gasteiger partial charge on any atom is 0.238 e. The normalized spacial score (nSPS) is 17.4. The molecule has 2 aromatic rings. The number of ether oxygens (including phenoxy) is 2. The minimum absolute atomic E-state index is 0.125. The summed E-state index contributed by atoms with van der Waals surface area (Å²) in [6.45, 7) is 0.758. The van der Waals surface area contributed by atoms with Gasteiger partial charge >= 0.3 is 0 Å². The van der Waals surface area contributed by atoms with Crippen LogP contribution in [0.5, 0.6) is 11.5 Å². The number of anilines is 1. The summed E-state index contributed by atoms with van der Waals surface area (Å²) in [6, 6.07) is 13.4. The lowest BCUT2D eigenvalue weighted by atomic mass is 10.1. The number of nitrogens with one attached hydrogen (secondary N) is 2. The van der Waals surface area contributed by atoms with Gasteiger partial charge < -0.3 is 20.1 Å². The average Bonchev–Trinajstić information content (AvgIpc) is 3.10. The molecule has 1 unspecified atom stereocenters. The van der Waals surface area contributed by atoms with E-state index in [1.807, 2.05) is 42.5 Å². The van der Waals surface area contributed by atoms with Crippen molar-refractivity contribution in [3.63, 3.8) is 0 Å². The van der Waals surface area contributed by atoms with Crippen LogP contribution in [0.3, 0.4) is 0 Å². The fourth-order valence-corrected chi connectivity index (χ4v) is 4.02. The van der Waals surface area contributed by atoms with Crippen LogP contribution < -0.4 is 20.1 Å². The molecule has 6 nitrogen and oxygen atoms in total. The van der Waals surface area contributed by atoms with Gasteiger partial charge in [-0.3, -0.25) is 9.59 Å². The summed E-state index contributed by atoms with van der Waals surface area (Å²) in [4.78, 5) is 25.3. The van der Waals surface area contributed by atoms with Crippen LogP contribution >= 0.6 is 11.8 Å². The number of carbonyl (C=O) groups excluding carboxylic acids is 2. The molecule has 2 amide bonds. The Bertz CT molecular complexity index is 855. The first-order valence-electron chi connectivity index (χ1n) is 8.41. The summed E-state index contributed by atoms with van der Waals surface area (Å²) < 4.78 is 10.6. The van der Waals surface area contributed by atoms with E-state index in [4.69, 9.17) is 9.47 Å². The zero-order chi connectivity index (χ0) is 17.9. The van der Waals surface area contributed by atoms with Gasteiger partial charge in [0.05, 0.1) is 10.9 Å². The first-order valence-corrected chi connectivity index (χ1v) is 9.29. The molecule has 4 rings (SSSR count). The van der Waals surface area contributed by atoms with Crippen molar-refractivity contribution < 1.29 is 19.1 Å². The molecule has 2 heterocycles. The molecular formula is C19H18N2O4S. The molecule has 2 aromatic carbocycles. The molecular weight excluding hydrogens is 352 g/mol. The standard InChI is InChI=1S/C19H18N2O4S/c22-18(10-17-19(23)21-13-3-1-2-4-16(13)26-17)20-8-7-12-5-6-14-15(9-12)25-11-24-14/h1-6,9,17H,7-8,10-11H2,(H,20,22)(H,21,23). The Morgan fingerprint density at radius 2 is 2.04 bits per heavy atom. The van der Waals surface area contributed by atoms with Gasteiger partial charge in [-0.05, 0) is 36.2 Å². The average molecular weight is 370 g/mol. The topological polar surface area (TPSA) is 76.7 Å². The zero-order valence-electron chi connectivity index (χ0n) is 14.0. The smallest absolute Gasteiger partial charge is 0.238 e. The molecule has 26 heavy (non-hydrogen) atoms. The largest absolute Gasteiger partial charge is 0.454 e. The molecule has 2 N–H and O–H groups in total. The SMILES string of the molecule is O=C(CC1Sc2ccccc2NC1=O)NCCc1ccc2c(c1)OCO2. The first kappa shape index (κ1) is 16.8. The highest BCUT2D eigenvalue weighted by Crippen LogP contribution is 2.36. The highest BCUT2D eigenvalue weighted by molar-refractivity contribution is 8.01. The van der Waals surface area contributed by atoms with Gasteiger partial charge in [-0.2, -0.15) is 0 Å². The molecule has 7 heteroatoms. The molecule has 134 valence electrons. The lowest BCUT2D eigenvalue weighted by Gasteiger charge is -2.23. The third-order valence-corrected chi connectivity index (χ3v) is 5.53. The van der Waals surface area contributed by atoms with E-state index < -0.39 is 5.25 Å². The Morgan fingerprint density at radius 3 is 2.96 bits per heavy atom. The van der Waals surface area contributed by atoms with Crippen LogP contribution in [0, 0.1) is 0 Å². The lowest BCUT2D eigenvalue weighted by Crippen LogP contribution is -2.35. The van der Waals surface area contributed by atoms with E-state index in [1.54, 1.807) is 0 Å². The number of amides is 2. The number of fused-ring (bicyclic) bond motifs is 2. The molecule has 0 spiro atoms. The predicted molar refractivity (Wildman–Crippen MR) is 98.6 cm³/mol. The van der Waals surface area contributed by atoms with E-state index >= 15 is 0 Å². The Morgan fingerprint density at radius 1 is 1.19 bits per heavy atom. The number of hydrogen-bond donors (Lipinski definition) is 2. The van der Waals surface area contributed by atoms with Gasteiger partial charge in [0.15, 0.2) is 11.5 Å². The van der Waals surface area contributed by atoms with E-state index in [1.165, 1.54) is 11.8 Å². The number of benzene rings is 2. The van der Waals surface area contributed by atoms with Crippen LogP contribution in [0.4, 0.5) is 5.69 Å². The third kappa shape index (κ3) is 3.62. The summed E-state index contributed by atoms with van der Waals surface area (Å²) in [7, 11) is 0. The number of rotatable bonds is 5. The predicted octanol–water partition coefficient (Wildman–Crippen LogP) is 2.58. The van der Waals surface area contributed by atoms with Gasteiger partial charge in [0.2, 0.25) is 18.6 Å². The van der Waals surface area contributed by atoms with Crippen LogP contribution in [0.25, 0.3) is 0 Å². The fraction of sp³-hybridized carbons (Fsp3) is 0.263. The summed E-state index contributed by atoms with van der Waals surface area (Å²) in [5.74, 6) is 1.23. The van der Waals surface area contributed by atoms with E-state index in [-0.39, 0.29) is 25.0 Å². The van der Waals surface area contributed by atoms with Crippen molar-refractivity contribution >= 4 is 29.3 Å². The van der Waals surface area contributed by atoms with Gasteiger partial charge in [0.25, 0.3) is 0 Å². The Balaban J connectivity index is 1.27. The Labute approximate surface area is 155 Å². The summed E-state index contributed by atoms with van der Waals surface area (Å²) in [5, 5.41) is 5.33. The summed E-state index contributed by atoms with van der Waals surface area (Å²) in [6.07, 6.45) is 0.848. The first-order chi connectivity index (χ1) is 12.7. The van der Waals surface area contributed by atoms with Gasteiger partial charge in [0.1, 0.15) is 0 Å². The van der Waals surface area contributed by atoms with Crippen molar-refractivity contribution in [2.75, 3.05) is 18.7 Å². The van der Waals surface area contributed by atoms with Crippen LogP contribution in [0.2, 0.25) is 0 Å². The number of para-hydroxylation sites is 1. The van der Waals surface area contributed by atoms with Gasteiger partial charge in [-0.25, -0.2) is 0 Å². The second-order valence-electron chi connectivity index (χ2n) is 6.08. The van der Waals surface area contributed by atoms with Crippen molar-refractivity contribution in [2.45, 2.75) is 23.0 Å². The van der Waals surface area contributed by atoms with E-state index in [9.17, 15) is 9.59 Å². The molecule has 0 fully saturated rings. The second kappa shape index (κ2) is 7.29. The molecule has 0 aromatic heterocycles. The lowest BCUT2D eigenvalue weighted by molar-refractivity contribution is -0.124. The molecule has 0 bridgehead atoms. The number of thioether (sulfide) groups is 1. The van der Waals surface area contributed by atoms with Crippen molar-refractivity contribution in [3.05, 3.63) is 48.0 Å². The minimum atomic E-state index is -0.407. The second-order valence-corrected chi connectivity index (χ2v) is 7.33. The van der Waals surface area contributed by atoms with Crippen LogP contribution in [-0.4, -0.2) is 30.4 Å². The minimum Gasteiger partial charge on any atom is -0.454 e. The zero-order valence-corrected chi connectivity index (χ0v) is 14.8. The fourth-order valence-electron chi connectivity index (χ4n) is 2.91. The molecule has 0 saturated carbocycles. The highest BCUT2D eigenvalue weighted by atomic mass is 32.2. The monoisotopic (exact) mass is 370 g/mol. The summed E-state index contributed by atoms with van der Waals surface area (Å²) in [5.41, 5.74) is 1.87. The third-order valence-electron chi connectivity index (χ3n) is 4.25. The number of carbonyl (C=O) groups is 2. The molecule has 1 atom stereocenters. The van der Waals surface area contributed by atoms with E-state index in [0.29, 0.717) is 13.0 Å². The number of hydrogen-bond acceptors (Lipinski definition) is 5. The quantitative estimate of drug-likeness (QED) is 0.846. The van der Waals surface area contributed by atoms with E-state index in [2.05, 4.69) is 10.6 Å². The van der Waals surface area contributed by atoms with E-state index in [0.717, 1.165) is 27.6 Å². The van der Waals surface area contributed by atoms with Crippen molar-refractivity contribution in [2.24, 2.45) is 0 Å². The van der Waals surface area contributed by atoms with Gasteiger partial charge in [0, 0.05) is 17.9 Å². The maximum atomic E-state index is 12.2. The molecule has 2 aliphatic heterocycles. The van der Waals surface area contributed by atoms with Crippen molar-refractivity contribution in [1.29, 1.82) is 0 Å². The Kier molecular flexibility index (Phi) is 4.71. The molecule has 2 aliphatic rings. The van der Waals surface area contributed by atoms with Gasteiger partial charge in [-0.1, -0.05) is 18.2 Å². The van der Waals surface area contributed by atoms with Crippen LogP contribution in [0.1, 0.15) is 12.0 Å².